The van der Waals surface area contributed by atoms with Crippen molar-refractivity contribution in [2.45, 2.75) is 0 Å². The molecule has 28 heavy (non-hydrogen) atoms. The fourth-order valence-corrected chi connectivity index (χ4v) is 4.36. The second kappa shape index (κ2) is 7.57. The van der Waals surface area contributed by atoms with Crippen LogP contribution in [0.1, 0.15) is 15.9 Å². The van der Waals surface area contributed by atoms with E-state index in [1.165, 1.54) is 9.71 Å². The number of nitrogens with zero attached hydrogens (tertiary/aromatic N) is 4. The molecule has 1 fully saturated rings. The van der Waals surface area contributed by atoms with Crippen LogP contribution >= 0.6 is 0 Å². The van der Waals surface area contributed by atoms with Gasteiger partial charge in [0, 0.05) is 50.2 Å². The number of rotatable bonds is 4. The van der Waals surface area contributed by atoms with Crippen molar-refractivity contribution in [3.8, 4) is 0 Å². The number of hydrogen-bond donors (Lipinski definition) is 0. The van der Waals surface area contributed by atoms with Crippen molar-refractivity contribution < 1.29 is 13.2 Å². The van der Waals surface area contributed by atoms with E-state index < -0.39 is 10.0 Å². The first-order chi connectivity index (χ1) is 13.5. The van der Waals surface area contributed by atoms with Gasteiger partial charge in [-0.25, -0.2) is 13.4 Å². The molecule has 3 aromatic rings. The first-order valence-electron chi connectivity index (χ1n) is 8.98. The summed E-state index contributed by atoms with van der Waals surface area (Å²) in [5.41, 5.74) is 2.17. The number of imidazole rings is 1. The van der Waals surface area contributed by atoms with Crippen molar-refractivity contribution in [3.05, 3.63) is 77.6 Å². The lowest BCUT2D eigenvalue weighted by atomic mass is 10.2. The molecule has 1 aliphatic heterocycles. The predicted molar refractivity (Wildman–Crippen MR) is 107 cm³/mol. The maximum atomic E-state index is 12.7. The van der Waals surface area contributed by atoms with Crippen molar-refractivity contribution in [2.24, 2.45) is 0 Å². The predicted octanol–water partition coefficient (Wildman–Crippen LogP) is 2.09. The zero-order valence-electron chi connectivity index (χ0n) is 15.2. The van der Waals surface area contributed by atoms with E-state index in [2.05, 4.69) is 4.98 Å². The number of benzene rings is 1. The first kappa shape index (κ1) is 18.4. The van der Waals surface area contributed by atoms with E-state index in [4.69, 9.17) is 0 Å². The van der Waals surface area contributed by atoms with Crippen LogP contribution in [0.15, 0.2) is 66.5 Å². The molecule has 8 heteroatoms. The van der Waals surface area contributed by atoms with Crippen LogP contribution in [0.25, 0.3) is 11.7 Å². The highest BCUT2D eigenvalue weighted by Crippen LogP contribution is 2.14. The molecule has 7 nitrogen and oxygen atoms in total. The second-order valence-electron chi connectivity index (χ2n) is 6.56. The van der Waals surface area contributed by atoms with E-state index in [0.717, 1.165) is 11.2 Å². The second-order valence-corrected chi connectivity index (χ2v) is 8.38. The summed E-state index contributed by atoms with van der Waals surface area (Å²) >= 11 is 0. The minimum atomic E-state index is -3.51. The maximum Gasteiger partial charge on any atom is 0.255 e. The number of piperazine rings is 1. The zero-order valence-corrected chi connectivity index (χ0v) is 16.0. The number of fused-ring (bicyclic) bond motifs is 1. The highest BCUT2D eigenvalue weighted by Gasteiger charge is 2.28. The molecule has 0 aliphatic carbocycles. The van der Waals surface area contributed by atoms with Crippen LogP contribution < -0.4 is 0 Å². The topological polar surface area (TPSA) is 75.0 Å². The minimum absolute atomic E-state index is 0.104. The Kier molecular flexibility index (Phi) is 4.97. The molecule has 0 unspecified atom stereocenters. The summed E-state index contributed by atoms with van der Waals surface area (Å²) in [5.74, 6) is -0.104. The molecule has 3 heterocycles. The number of hydrogen-bond acceptors (Lipinski definition) is 4. The summed E-state index contributed by atoms with van der Waals surface area (Å²) in [6.07, 6.45) is 6.80. The number of pyridine rings is 1. The van der Waals surface area contributed by atoms with Gasteiger partial charge in [-0.15, -0.1) is 0 Å². The normalized spacial score (nSPS) is 16.1. The van der Waals surface area contributed by atoms with Gasteiger partial charge in [0.25, 0.3) is 5.91 Å². The van der Waals surface area contributed by atoms with Crippen molar-refractivity contribution in [1.29, 1.82) is 0 Å². The largest absolute Gasteiger partial charge is 0.336 e. The molecule has 1 saturated heterocycles. The molecule has 0 saturated carbocycles. The van der Waals surface area contributed by atoms with Crippen molar-refractivity contribution in [1.82, 2.24) is 18.6 Å². The van der Waals surface area contributed by atoms with Crippen LogP contribution in [0, 0.1) is 0 Å². The molecule has 4 rings (SSSR count). The smallest absolute Gasteiger partial charge is 0.255 e. The van der Waals surface area contributed by atoms with E-state index in [1.54, 1.807) is 46.1 Å². The summed E-state index contributed by atoms with van der Waals surface area (Å²) in [4.78, 5) is 18.6. The Bertz CT molecular complexity index is 1110. The summed E-state index contributed by atoms with van der Waals surface area (Å²) in [7, 11) is -3.51. The van der Waals surface area contributed by atoms with Crippen LogP contribution in [0.4, 0.5) is 0 Å². The van der Waals surface area contributed by atoms with Gasteiger partial charge in [0.05, 0.1) is 5.56 Å². The molecule has 1 amide bonds. The molecule has 0 atom stereocenters. The van der Waals surface area contributed by atoms with Gasteiger partial charge in [-0.2, -0.15) is 4.31 Å². The quantitative estimate of drug-likeness (QED) is 0.677. The van der Waals surface area contributed by atoms with Crippen LogP contribution in [0.2, 0.25) is 0 Å². The number of carbonyl (C=O) groups is 1. The van der Waals surface area contributed by atoms with E-state index >= 15 is 0 Å². The van der Waals surface area contributed by atoms with Gasteiger partial charge in [-0.3, -0.25) is 4.79 Å². The third-order valence-electron chi connectivity index (χ3n) is 4.75. The highest BCUT2D eigenvalue weighted by molar-refractivity contribution is 7.92. The zero-order chi connectivity index (χ0) is 19.6. The van der Waals surface area contributed by atoms with Gasteiger partial charge in [0.1, 0.15) is 5.65 Å². The van der Waals surface area contributed by atoms with Crippen molar-refractivity contribution in [3.63, 3.8) is 0 Å². The Morgan fingerprint density at radius 1 is 1.00 bits per heavy atom. The Morgan fingerprint density at radius 2 is 1.75 bits per heavy atom. The Labute approximate surface area is 163 Å². The molecular formula is C20H20N4O3S. The van der Waals surface area contributed by atoms with E-state index in [1.807, 2.05) is 30.3 Å². The lowest BCUT2D eigenvalue weighted by molar-refractivity contribution is 0.0698. The fourth-order valence-electron chi connectivity index (χ4n) is 3.19. The van der Waals surface area contributed by atoms with E-state index in [-0.39, 0.29) is 19.0 Å². The molecule has 1 aromatic carbocycles. The van der Waals surface area contributed by atoms with Gasteiger partial charge in [-0.1, -0.05) is 30.3 Å². The summed E-state index contributed by atoms with van der Waals surface area (Å²) in [6, 6.07) is 12.8. The molecule has 0 radical (unpaired) electrons. The fraction of sp³-hybridized carbons (Fsp3) is 0.200. The number of carbonyl (C=O) groups excluding carboxylic acids is 1. The maximum absolute atomic E-state index is 12.7. The van der Waals surface area contributed by atoms with Gasteiger partial charge in [0.2, 0.25) is 10.0 Å². The highest BCUT2D eigenvalue weighted by atomic mass is 32.2. The molecule has 144 valence electrons. The standard InChI is InChI=1S/C20H20N4O3S/c25-20(18-6-7-19-21-9-10-23(19)16-18)22-11-13-24(14-12-22)28(26,27)15-8-17-4-2-1-3-5-17/h1-10,15-16H,11-14H2/b15-8+. The van der Waals surface area contributed by atoms with Gasteiger partial charge >= 0.3 is 0 Å². The van der Waals surface area contributed by atoms with Crippen LogP contribution in [0.5, 0.6) is 0 Å². The number of amides is 1. The molecule has 1 aliphatic rings. The third kappa shape index (κ3) is 3.83. The summed E-state index contributed by atoms with van der Waals surface area (Å²) < 4.78 is 28.3. The molecule has 0 N–H and O–H groups in total. The van der Waals surface area contributed by atoms with Crippen molar-refractivity contribution in [2.75, 3.05) is 26.2 Å². The van der Waals surface area contributed by atoms with Gasteiger partial charge in [-0.05, 0) is 23.8 Å². The summed E-state index contributed by atoms with van der Waals surface area (Å²) in [6.45, 7) is 1.28. The average molecular weight is 396 g/mol. The summed E-state index contributed by atoms with van der Waals surface area (Å²) in [5, 5.41) is 1.23. The van der Waals surface area contributed by atoms with E-state index in [9.17, 15) is 13.2 Å². The van der Waals surface area contributed by atoms with Crippen LogP contribution in [-0.2, 0) is 10.0 Å². The third-order valence-corrected chi connectivity index (χ3v) is 6.32. The van der Waals surface area contributed by atoms with E-state index in [0.29, 0.717) is 18.7 Å². The SMILES string of the molecule is O=C(c1ccc2nccn2c1)N1CCN(S(=O)(=O)/C=C/c2ccccc2)CC1. The van der Waals surface area contributed by atoms with Crippen LogP contribution in [-0.4, -0.2) is 59.1 Å². The molecular weight excluding hydrogens is 376 g/mol. The Balaban J connectivity index is 1.41. The lowest BCUT2D eigenvalue weighted by Gasteiger charge is -2.33. The van der Waals surface area contributed by atoms with Crippen molar-refractivity contribution >= 4 is 27.7 Å². The number of aromatic nitrogens is 2. The lowest BCUT2D eigenvalue weighted by Crippen LogP contribution is -2.50. The Hall–Kier alpha value is -2.97. The molecule has 2 aromatic heterocycles. The van der Waals surface area contributed by atoms with Crippen LogP contribution in [0.3, 0.4) is 0 Å². The monoisotopic (exact) mass is 396 g/mol. The number of sulfonamides is 1. The molecule has 0 spiro atoms. The first-order valence-corrected chi connectivity index (χ1v) is 10.5. The van der Waals surface area contributed by atoms with Gasteiger partial charge in [0.15, 0.2) is 0 Å². The van der Waals surface area contributed by atoms with Gasteiger partial charge < -0.3 is 9.30 Å². The minimum Gasteiger partial charge on any atom is -0.336 e. The Morgan fingerprint density at radius 3 is 2.50 bits per heavy atom. The molecule has 0 bridgehead atoms. The average Bonchev–Trinajstić information content (AvgIpc) is 3.20.